The van der Waals surface area contributed by atoms with E-state index < -0.39 is 5.97 Å². The maximum atomic E-state index is 12.1. The van der Waals surface area contributed by atoms with E-state index in [1.165, 1.54) is 23.2 Å². The van der Waals surface area contributed by atoms with E-state index >= 15 is 0 Å². The van der Waals surface area contributed by atoms with E-state index in [1.807, 2.05) is 19.1 Å². The van der Waals surface area contributed by atoms with Gasteiger partial charge in [-0.25, -0.2) is 9.78 Å². The Hall–Kier alpha value is -2.70. The Balaban J connectivity index is 1.72. The van der Waals surface area contributed by atoms with Crippen LogP contribution in [0.25, 0.3) is 0 Å². The van der Waals surface area contributed by atoms with Crippen molar-refractivity contribution in [3.8, 4) is 0 Å². The number of aromatic nitrogens is 1. The van der Waals surface area contributed by atoms with E-state index in [0.717, 1.165) is 5.56 Å². The van der Waals surface area contributed by atoms with Crippen molar-refractivity contribution in [3.63, 3.8) is 0 Å². The van der Waals surface area contributed by atoms with Crippen molar-refractivity contribution in [2.75, 3.05) is 4.90 Å². The molecule has 0 bridgehead atoms. The Morgan fingerprint density at radius 1 is 1.19 bits per heavy atom. The first-order valence-corrected chi connectivity index (χ1v) is 9.44. The van der Waals surface area contributed by atoms with Crippen molar-refractivity contribution < 1.29 is 14.3 Å². The molecule has 2 aromatic carbocycles. The van der Waals surface area contributed by atoms with Crippen LogP contribution in [-0.4, -0.2) is 16.9 Å². The summed E-state index contributed by atoms with van der Waals surface area (Å²) >= 11 is 7.32. The Morgan fingerprint density at radius 2 is 1.93 bits per heavy atom. The standard InChI is InChI=1S/C20H17ClN2O3S/c1-13-6-8-15(9-7-13)19(25)26-11-17-12-27-20(22-17)23(14(2)24)18-5-3-4-16(21)10-18/h3-10,12H,11H2,1-2H3. The number of rotatable bonds is 5. The van der Waals surface area contributed by atoms with Crippen molar-refractivity contribution in [1.29, 1.82) is 0 Å². The molecule has 0 N–H and O–H groups in total. The number of hydrogen-bond donors (Lipinski definition) is 0. The van der Waals surface area contributed by atoms with Crippen LogP contribution in [0.3, 0.4) is 0 Å². The summed E-state index contributed by atoms with van der Waals surface area (Å²) < 4.78 is 5.31. The monoisotopic (exact) mass is 400 g/mol. The first-order valence-electron chi connectivity index (χ1n) is 8.18. The quantitative estimate of drug-likeness (QED) is 0.556. The van der Waals surface area contributed by atoms with Crippen LogP contribution in [0.15, 0.2) is 53.9 Å². The largest absolute Gasteiger partial charge is 0.456 e. The lowest BCUT2D eigenvalue weighted by Gasteiger charge is -2.18. The van der Waals surface area contributed by atoms with Crippen molar-refractivity contribution in [2.45, 2.75) is 20.5 Å². The number of carbonyl (C=O) groups excluding carboxylic acids is 2. The predicted molar refractivity (Wildman–Crippen MR) is 107 cm³/mol. The average Bonchev–Trinajstić information content (AvgIpc) is 3.08. The third-order valence-corrected chi connectivity index (χ3v) is 4.86. The number of thiazole rings is 1. The molecule has 1 aromatic heterocycles. The molecule has 0 saturated carbocycles. The number of ether oxygens (including phenoxy) is 1. The molecule has 138 valence electrons. The van der Waals surface area contributed by atoms with Gasteiger partial charge in [0.15, 0.2) is 5.13 Å². The minimum atomic E-state index is -0.414. The molecule has 0 saturated heterocycles. The number of amides is 1. The second kappa shape index (κ2) is 8.33. The Morgan fingerprint density at radius 3 is 2.59 bits per heavy atom. The van der Waals surface area contributed by atoms with Crippen LogP contribution in [0.1, 0.15) is 28.5 Å². The fourth-order valence-corrected chi connectivity index (χ4v) is 3.48. The van der Waals surface area contributed by atoms with Gasteiger partial charge in [0.1, 0.15) is 6.61 Å². The molecular formula is C20H17ClN2O3S. The number of aryl methyl sites for hydroxylation is 1. The zero-order valence-electron chi connectivity index (χ0n) is 14.8. The van der Waals surface area contributed by atoms with Crippen LogP contribution < -0.4 is 4.90 Å². The molecule has 3 aromatic rings. The van der Waals surface area contributed by atoms with Gasteiger partial charge >= 0.3 is 5.97 Å². The molecule has 0 radical (unpaired) electrons. The number of hydrogen-bond acceptors (Lipinski definition) is 5. The van der Waals surface area contributed by atoms with Crippen molar-refractivity contribution >= 4 is 45.6 Å². The van der Waals surface area contributed by atoms with Crippen LogP contribution in [0, 0.1) is 6.92 Å². The summed E-state index contributed by atoms with van der Waals surface area (Å²) in [5.41, 5.74) is 2.76. The molecule has 27 heavy (non-hydrogen) atoms. The Labute approximate surface area is 166 Å². The van der Waals surface area contributed by atoms with Gasteiger partial charge in [-0.1, -0.05) is 35.4 Å². The molecule has 3 rings (SSSR count). The highest BCUT2D eigenvalue weighted by Gasteiger charge is 2.18. The van der Waals surface area contributed by atoms with Gasteiger partial charge in [-0.05, 0) is 37.3 Å². The fourth-order valence-electron chi connectivity index (χ4n) is 2.42. The molecule has 7 heteroatoms. The highest BCUT2D eigenvalue weighted by atomic mass is 35.5. The average molecular weight is 401 g/mol. The molecule has 1 heterocycles. The molecular weight excluding hydrogens is 384 g/mol. The van der Waals surface area contributed by atoms with Gasteiger partial charge in [0.2, 0.25) is 5.91 Å². The molecule has 0 aliphatic carbocycles. The molecule has 0 fully saturated rings. The van der Waals surface area contributed by atoms with E-state index in [0.29, 0.717) is 27.1 Å². The smallest absolute Gasteiger partial charge is 0.338 e. The summed E-state index contributed by atoms with van der Waals surface area (Å²) in [6.45, 7) is 3.44. The number of anilines is 2. The van der Waals surface area contributed by atoms with Crippen molar-refractivity contribution in [2.24, 2.45) is 0 Å². The van der Waals surface area contributed by atoms with E-state index in [9.17, 15) is 9.59 Å². The zero-order valence-corrected chi connectivity index (χ0v) is 16.4. The van der Waals surface area contributed by atoms with Crippen LogP contribution in [0.5, 0.6) is 0 Å². The van der Waals surface area contributed by atoms with Crippen LogP contribution in [0.4, 0.5) is 10.8 Å². The molecule has 0 unspecified atom stereocenters. The molecule has 0 spiro atoms. The number of esters is 1. The van der Waals surface area contributed by atoms with Crippen LogP contribution in [0.2, 0.25) is 5.02 Å². The summed E-state index contributed by atoms with van der Waals surface area (Å²) in [5, 5.41) is 2.78. The zero-order chi connectivity index (χ0) is 19.4. The molecule has 0 atom stereocenters. The lowest BCUT2D eigenvalue weighted by Crippen LogP contribution is -2.22. The fraction of sp³-hybridized carbons (Fsp3) is 0.150. The lowest BCUT2D eigenvalue weighted by atomic mass is 10.1. The minimum Gasteiger partial charge on any atom is -0.456 e. The van der Waals surface area contributed by atoms with Gasteiger partial charge in [0, 0.05) is 17.3 Å². The maximum Gasteiger partial charge on any atom is 0.338 e. The van der Waals surface area contributed by atoms with E-state index in [4.69, 9.17) is 16.3 Å². The summed E-state index contributed by atoms with van der Waals surface area (Å²) in [4.78, 5) is 30.1. The second-order valence-corrected chi connectivity index (χ2v) is 7.17. The van der Waals surface area contributed by atoms with Crippen LogP contribution >= 0.6 is 22.9 Å². The Kier molecular flexibility index (Phi) is 5.88. The molecule has 5 nitrogen and oxygen atoms in total. The number of nitrogens with zero attached hydrogens (tertiary/aromatic N) is 2. The van der Waals surface area contributed by atoms with Gasteiger partial charge in [0.05, 0.1) is 16.9 Å². The number of halogens is 1. The topological polar surface area (TPSA) is 59.5 Å². The van der Waals surface area contributed by atoms with Gasteiger partial charge in [-0.3, -0.25) is 9.69 Å². The lowest BCUT2D eigenvalue weighted by molar-refractivity contribution is -0.115. The Bertz CT molecular complexity index is 969. The third kappa shape index (κ3) is 4.72. The molecule has 1 amide bonds. The number of carbonyl (C=O) groups is 2. The first-order chi connectivity index (χ1) is 12.9. The normalized spacial score (nSPS) is 10.5. The summed E-state index contributed by atoms with van der Waals surface area (Å²) in [7, 11) is 0. The molecule has 0 aliphatic rings. The van der Waals surface area contributed by atoms with Gasteiger partial charge in [-0.2, -0.15) is 0 Å². The number of benzene rings is 2. The third-order valence-electron chi connectivity index (χ3n) is 3.75. The first kappa shape index (κ1) is 19.1. The van der Waals surface area contributed by atoms with E-state index in [1.54, 1.807) is 41.8 Å². The predicted octanol–water partition coefficient (Wildman–Crippen LogP) is 5.15. The van der Waals surface area contributed by atoms with Gasteiger partial charge in [0.25, 0.3) is 0 Å². The van der Waals surface area contributed by atoms with E-state index in [-0.39, 0.29) is 12.5 Å². The summed E-state index contributed by atoms with van der Waals surface area (Å²) in [6, 6.07) is 14.1. The van der Waals surface area contributed by atoms with Gasteiger partial charge < -0.3 is 4.74 Å². The highest BCUT2D eigenvalue weighted by Crippen LogP contribution is 2.30. The van der Waals surface area contributed by atoms with Crippen molar-refractivity contribution in [1.82, 2.24) is 4.98 Å². The van der Waals surface area contributed by atoms with E-state index in [2.05, 4.69) is 4.98 Å². The van der Waals surface area contributed by atoms with Crippen LogP contribution in [-0.2, 0) is 16.1 Å². The summed E-state index contributed by atoms with van der Waals surface area (Å²) in [6.07, 6.45) is 0. The second-order valence-electron chi connectivity index (χ2n) is 5.90. The maximum absolute atomic E-state index is 12.1. The SMILES string of the molecule is CC(=O)N(c1cccc(Cl)c1)c1nc(COC(=O)c2ccc(C)cc2)cs1. The minimum absolute atomic E-state index is 0.0322. The highest BCUT2D eigenvalue weighted by molar-refractivity contribution is 7.14. The van der Waals surface area contributed by atoms with Gasteiger partial charge in [-0.15, -0.1) is 11.3 Å². The summed E-state index contributed by atoms with van der Waals surface area (Å²) in [5.74, 6) is -0.599. The van der Waals surface area contributed by atoms with Crippen molar-refractivity contribution in [3.05, 3.63) is 75.8 Å². The molecule has 0 aliphatic heterocycles.